The highest BCUT2D eigenvalue weighted by Gasteiger charge is 2.13. The Morgan fingerprint density at radius 1 is 1.16 bits per heavy atom. The van der Waals surface area contributed by atoms with Gasteiger partial charge in [0.1, 0.15) is 0 Å². The number of aliphatic hydroxyl groups is 1. The zero-order valence-corrected chi connectivity index (χ0v) is 12.1. The number of hydrogen-bond acceptors (Lipinski definition) is 3. The molecule has 1 heterocycles. The van der Waals surface area contributed by atoms with Crippen LogP contribution in [0.2, 0.25) is 0 Å². The highest BCUT2D eigenvalue weighted by Crippen LogP contribution is 2.22. The van der Waals surface area contributed by atoms with Crippen molar-refractivity contribution < 1.29 is 5.11 Å². The first-order valence-electron chi connectivity index (χ1n) is 6.74. The minimum atomic E-state index is 0.231. The van der Waals surface area contributed by atoms with Crippen molar-refractivity contribution in [2.24, 2.45) is 0 Å². The van der Waals surface area contributed by atoms with Crippen molar-refractivity contribution in [3.05, 3.63) is 58.3 Å². The van der Waals surface area contributed by atoms with Crippen LogP contribution in [0.3, 0.4) is 0 Å². The molecule has 2 unspecified atom stereocenters. The molecule has 3 heteroatoms. The normalized spacial score (nSPS) is 14.2. The van der Waals surface area contributed by atoms with Gasteiger partial charge in [-0.05, 0) is 36.3 Å². The molecule has 0 bridgehead atoms. The van der Waals surface area contributed by atoms with Gasteiger partial charge < -0.3 is 10.4 Å². The SMILES string of the molecule is CC(NCC(CCO)c1ccccc1)c1cccs1. The molecule has 1 aromatic carbocycles. The molecule has 102 valence electrons. The minimum absolute atomic E-state index is 0.231. The van der Waals surface area contributed by atoms with Gasteiger partial charge in [0.15, 0.2) is 0 Å². The Morgan fingerprint density at radius 2 is 1.95 bits per heavy atom. The Hall–Kier alpha value is -1.16. The van der Waals surface area contributed by atoms with Crippen LogP contribution >= 0.6 is 11.3 Å². The van der Waals surface area contributed by atoms with E-state index >= 15 is 0 Å². The van der Waals surface area contributed by atoms with Crippen molar-refractivity contribution >= 4 is 11.3 Å². The fourth-order valence-electron chi connectivity index (χ4n) is 2.22. The molecule has 0 radical (unpaired) electrons. The largest absolute Gasteiger partial charge is 0.396 e. The van der Waals surface area contributed by atoms with E-state index in [0.29, 0.717) is 12.0 Å². The molecule has 0 aliphatic rings. The number of thiophene rings is 1. The topological polar surface area (TPSA) is 32.3 Å². The molecule has 0 amide bonds. The third-order valence-corrected chi connectivity index (χ3v) is 4.44. The zero-order chi connectivity index (χ0) is 13.5. The van der Waals surface area contributed by atoms with Gasteiger partial charge in [-0.2, -0.15) is 0 Å². The van der Waals surface area contributed by atoms with Crippen LogP contribution in [0.25, 0.3) is 0 Å². The number of benzene rings is 1. The summed E-state index contributed by atoms with van der Waals surface area (Å²) in [6, 6.07) is 15.0. The molecule has 0 aliphatic heterocycles. The van der Waals surface area contributed by atoms with E-state index in [4.69, 9.17) is 0 Å². The first kappa shape index (κ1) is 14.3. The summed E-state index contributed by atoms with van der Waals surface area (Å²) in [5.74, 6) is 0.369. The number of nitrogens with one attached hydrogen (secondary N) is 1. The molecule has 2 rings (SSSR count). The van der Waals surface area contributed by atoms with Gasteiger partial charge in [-0.25, -0.2) is 0 Å². The lowest BCUT2D eigenvalue weighted by atomic mass is 9.96. The van der Waals surface area contributed by atoms with Crippen LogP contribution in [-0.4, -0.2) is 18.3 Å². The number of aliphatic hydroxyl groups excluding tert-OH is 1. The van der Waals surface area contributed by atoms with Gasteiger partial charge in [0.05, 0.1) is 0 Å². The smallest absolute Gasteiger partial charge is 0.0437 e. The molecule has 0 aliphatic carbocycles. The highest BCUT2D eigenvalue weighted by atomic mass is 32.1. The Labute approximate surface area is 119 Å². The van der Waals surface area contributed by atoms with E-state index in [2.05, 4.69) is 54.0 Å². The molecule has 2 nitrogen and oxygen atoms in total. The van der Waals surface area contributed by atoms with Crippen molar-refractivity contribution in [1.29, 1.82) is 0 Å². The maximum absolute atomic E-state index is 9.22. The molecule has 2 atom stereocenters. The van der Waals surface area contributed by atoms with E-state index < -0.39 is 0 Å². The predicted octanol–water partition coefficient (Wildman–Crippen LogP) is 3.56. The van der Waals surface area contributed by atoms with Gasteiger partial charge in [0.2, 0.25) is 0 Å². The van der Waals surface area contributed by atoms with E-state index in [9.17, 15) is 5.11 Å². The van der Waals surface area contributed by atoms with Crippen molar-refractivity contribution in [1.82, 2.24) is 5.32 Å². The summed E-state index contributed by atoms with van der Waals surface area (Å²) in [4.78, 5) is 1.36. The van der Waals surface area contributed by atoms with Gasteiger partial charge in [-0.1, -0.05) is 36.4 Å². The van der Waals surface area contributed by atoms with E-state index in [1.165, 1.54) is 10.4 Å². The average Bonchev–Trinajstić information content (AvgIpc) is 2.98. The average molecular weight is 275 g/mol. The summed E-state index contributed by atoms with van der Waals surface area (Å²) in [6.45, 7) is 3.31. The second-order valence-electron chi connectivity index (χ2n) is 4.77. The number of rotatable bonds is 7. The predicted molar refractivity (Wildman–Crippen MR) is 81.6 cm³/mol. The standard InChI is InChI=1S/C16H21NOS/c1-13(16-8-5-11-19-16)17-12-15(9-10-18)14-6-3-2-4-7-14/h2-8,11,13,15,17-18H,9-10,12H2,1H3. The van der Waals surface area contributed by atoms with Crippen LogP contribution in [0.5, 0.6) is 0 Å². The molecular formula is C16H21NOS. The van der Waals surface area contributed by atoms with E-state index in [-0.39, 0.29) is 6.61 Å². The van der Waals surface area contributed by atoms with E-state index in [1.54, 1.807) is 11.3 Å². The molecule has 0 spiro atoms. The molecule has 2 aromatic rings. The summed E-state index contributed by atoms with van der Waals surface area (Å²) in [6.07, 6.45) is 0.800. The maximum atomic E-state index is 9.22. The minimum Gasteiger partial charge on any atom is -0.396 e. The Bertz CT molecular complexity index is 455. The van der Waals surface area contributed by atoms with Gasteiger partial charge in [0.25, 0.3) is 0 Å². The van der Waals surface area contributed by atoms with Crippen LogP contribution in [0.4, 0.5) is 0 Å². The highest BCUT2D eigenvalue weighted by molar-refractivity contribution is 7.10. The van der Waals surface area contributed by atoms with Crippen molar-refractivity contribution in [3.63, 3.8) is 0 Å². The lowest BCUT2D eigenvalue weighted by molar-refractivity contribution is 0.272. The molecule has 0 fully saturated rings. The summed E-state index contributed by atoms with van der Waals surface area (Å²) < 4.78 is 0. The van der Waals surface area contributed by atoms with Crippen LogP contribution in [0.1, 0.15) is 35.7 Å². The van der Waals surface area contributed by atoms with Crippen molar-refractivity contribution in [2.45, 2.75) is 25.3 Å². The second kappa shape index (κ2) is 7.43. The van der Waals surface area contributed by atoms with Gasteiger partial charge in [0, 0.05) is 24.1 Å². The third kappa shape index (κ3) is 4.16. The van der Waals surface area contributed by atoms with E-state index in [1.807, 2.05) is 6.07 Å². The van der Waals surface area contributed by atoms with Crippen molar-refractivity contribution in [3.8, 4) is 0 Å². The van der Waals surface area contributed by atoms with Crippen LogP contribution in [0, 0.1) is 0 Å². The summed E-state index contributed by atoms with van der Waals surface area (Å²) in [5, 5.41) is 14.9. The molecule has 1 aromatic heterocycles. The summed E-state index contributed by atoms with van der Waals surface area (Å²) in [7, 11) is 0. The Morgan fingerprint density at radius 3 is 2.58 bits per heavy atom. The molecule has 2 N–H and O–H groups in total. The first-order chi connectivity index (χ1) is 9.31. The lowest BCUT2D eigenvalue weighted by Crippen LogP contribution is -2.24. The van der Waals surface area contributed by atoms with Crippen molar-refractivity contribution in [2.75, 3.05) is 13.2 Å². The molecule has 19 heavy (non-hydrogen) atoms. The second-order valence-corrected chi connectivity index (χ2v) is 5.74. The van der Waals surface area contributed by atoms with Gasteiger partial charge >= 0.3 is 0 Å². The van der Waals surface area contributed by atoms with Crippen LogP contribution < -0.4 is 5.32 Å². The quantitative estimate of drug-likeness (QED) is 0.809. The lowest BCUT2D eigenvalue weighted by Gasteiger charge is -2.20. The number of hydrogen-bond donors (Lipinski definition) is 2. The van der Waals surface area contributed by atoms with Crippen LogP contribution in [-0.2, 0) is 0 Å². The van der Waals surface area contributed by atoms with Gasteiger partial charge in [-0.3, -0.25) is 0 Å². The first-order valence-corrected chi connectivity index (χ1v) is 7.62. The Balaban J connectivity index is 1.94. The molecule has 0 saturated carbocycles. The maximum Gasteiger partial charge on any atom is 0.0437 e. The summed E-state index contributed by atoms with van der Waals surface area (Å²) in [5.41, 5.74) is 1.29. The molecule has 0 saturated heterocycles. The monoisotopic (exact) mass is 275 g/mol. The van der Waals surface area contributed by atoms with Crippen LogP contribution in [0.15, 0.2) is 47.8 Å². The summed E-state index contributed by atoms with van der Waals surface area (Å²) >= 11 is 1.78. The Kier molecular flexibility index (Phi) is 5.58. The fraction of sp³-hybridized carbons (Fsp3) is 0.375. The van der Waals surface area contributed by atoms with E-state index in [0.717, 1.165) is 13.0 Å². The fourth-order valence-corrected chi connectivity index (χ4v) is 2.98. The van der Waals surface area contributed by atoms with Gasteiger partial charge in [-0.15, -0.1) is 11.3 Å². The zero-order valence-electron chi connectivity index (χ0n) is 11.3. The molecular weight excluding hydrogens is 254 g/mol. The third-order valence-electron chi connectivity index (χ3n) is 3.39.